The highest BCUT2D eigenvalue weighted by Crippen LogP contribution is 2.15. The second-order valence-electron chi connectivity index (χ2n) is 3.90. The fourth-order valence-electron chi connectivity index (χ4n) is 1.83. The molecule has 0 saturated carbocycles. The summed E-state index contributed by atoms with van der Waals surface area (Å²) in [6, 6.07) is 6.03. The van der Waals surface area contributed by atoms with Crippen molar-refractivity contribution in [3.8, 4) is 5.88 Å². The summed E-state index contributed by atoms with van der Waals surface area (Å²) in [4.78, 5) is 4.18. The minimum Gasteiger partial charge on any atom is -0.481 e. The van der Waals surface area contributed by atoms with Gasteiger partial charge >= 0.3 is 0 Å². The highest BCUT2D eigenvalue weighted by molar-refractivity contribution is 5.26. The molecular weight excluding hydrogens is 214 g/mol. The Morgan fingerprint density at radius 3 is 3.06 bits per heavy atom. The van der Waals surface area contributed by atoms with Crippen LogP contribution < -0.4 is 10.5 Å². The van der Waals surface area contributed by atoms with E-state index in [2.05, 4.69) is 28.0 Å². The van der Waals surface area contributed by atoms with Gasteiger partial charge < -0.3 is 15.0 Å². The van der Waals surface area contributed by atoms with Gasteiger partial charge in [-0.3, -0.25) is 0 Å². The summed E-state index contributed by atoms with van der Waals surface area (Å²) >= 11 is 0. The van der Waals surface area contributed by atoms with Crippen LogP contribution in [0.25, 0.3) is 0 Å². The largest absolute Gasteiger partial charge is 0.481 e. The van der Waals surface area contributed by atoms with Gasteiger partial charge in [-0.05, 0) is 30.7 Å². The molecule has 90 valence electrons. The topological polar surface area (TPSA) is 53.1 Å². The third-order valence-corrected chi connectivity index (χ3v) is 2.64. The molecule has 17 heavy (non-hydrogen) atoms. The molecule has 0 bridgehead atoms. The molecule has 2 aromatic rings. The SMILES string of the molecule is COc1ncccc1Cn1ccc(CCN)c1. The molecule has 0 aliphatic carbocycles. The standard InChI is InChI=1S/C13H17N3O/c1-17-13-12(3-2-7-15-13)10-16-8-5-11(9-16)4-6-14/h2-3,5,7-9H,4,6,10,14H2,1H3. The van der Waals surface area contributed by atoms with Crippen LogP contribution in [0.2, 0.25) is 0 Å². The van der Waals surface area contributed by atoms with Crippen LogP contribution in [0.15, 0.2) is 36.8 Å². The zero-order chi connectivity index (χ0) is 12.1. The molecule has 4 heteroatoms. The summed E-state index contributed by atoms with van der Waals surface area (Å²) in [6.45, 7) is 1.45. The van der Waals surface area contributed by atoms with Gasteiger partial charge in [0.25, 0.3) is 0 Å². The Kier molecular flexibility index (Phi) is 3.77. The van der Waals surface area contributed by atoms with Crippen molar-refractivity contribution in [3.05, 3.63) is 47.9 Å². The first-order valence-electron chi connectivity index (χ1n) is 5.66. The fourth-order valence-corrected chi connectivity index (χ4v) is 1.83. The Balaban J connectivity index is 2.13. The van der Waals surface area contributed by atoms with Crippen LogP contribution in [0.1, 0.15) is 11.1 Å². The van der Waals surface area contributed by atoms with Crippen LogP contribution in [0.3, 0.4) is 0 Å². The fraction of sp³-hybridized carbons (Fsp3) is 0.308. The van der Waals surface area contributed by atoms with Gasteiger partial charge in [-0.1, -0.05) is 6.07 Å². The molecule has 0 unspecified atom stereocenters. The molecule has 2 N–H and O–H groups in total. The van der Waals surface area contributed by atoms with Crippen molar-refractivity contribution in [2.45, 2.75) is 13.0 Å². The van der Waals surface area contributed by atoms with E-state index in [4.69, 9.17) is 10.5 Å². The van der Waals surface area contributed by atoms with E-state index in [9.17, 15) is 0 Å². The van der Waals surface area contributed by atoms with Crippen molar-refractivity contribution in [3.63, 3.8) is 0 Å². The average molecular weight is 231 g/mol. The molecule has 0 aliphatic rings. The van der Waals surface area contributed by atoms with Gasteiger partial charge in [0.1, 0.15) is 0 Å². The maximum absolute atomic E-state index is 5.53. The average Bonchev–Trinajstić information content (AvgIpc) is 2.78. The van der Waals surface area contributed by atoms with Gasteiger partial charge in [0.15, 0.2) is 0 Å². The van der Waals surface area contributed by atoms with E-state index in [-0.39, 0.29) is 0 Å². The lowest BCUT2D eigenvalue weighted by Gasteiger charge is -2.07. The molecule has 0 saturated heterocycles. The molecule has 0 atom stereocenters. The number of nitrogens with zero attached hydrogens (tertiary/aromatic N) is 2. The first kappa shape index (κ1) is 11.7. The van der Waals surface area contributed by atoms with E-state index in [0.29, 0.717) is 12.4 Å². The van der Waals surface area contributed by atoms with Crippen LogP contribution >= 0.6 is 0 Å². The Morgan fingerprint density at radius 2 is 2.29 bits per heavy atom. The number of pyridine rings is 1. The molecule has 0 aromatic carbocycles. The van der Waals surface area contributed by atoms with E-state index in [1.54, 1.807) is 13.3 Å². The predicted molar refractivity (Wildman–Crippen MR) is 67.1 cm³/mol. The molecular formula is C13H17N3O. The number of hydrogen-bond donors (Lipinski definition) is 1. The highest BCUT2D eigenvalue weighted by Gasteiger charge is 2.04. The summed E-state index contributed by atoms with van der Waals surface area (Å²) in [5.41, 5.74) is 7.86. The van der Waals surface area contributed by atoms with Crippen molar-refractivity contribution in [1.29, 1.82) is 0 Å². The normalized spacial score (nSPS) is 10.5. The molecule has 0 spiro atoms. The van der Waals surface area contributed by atoms with Gasteiger partial charge in [-0.2, -0.15) is 0 Å². The van der Waals surface area contributed by atoms with E-state index >= 15 is 0 Å². The third-order valence-electron chi connectivity index (χ3n) is 2.64. The summed E-state index contributed by atoms with van der Waals surface area (Å²) in [7, 11) is 1.64. The maximum atomic E-state index is 5.53. The smallest absolute Gasteiger partial charge is 0.218 e. The summed E-state index contributed by atoms with van der Waals surface area (Å²) in [5.74, 6) is 0.682. The monoisotopic (exact) mass is 231 g/mol. The summed E-state index contributed by atoms with van der Waals surface area (Å²) < 4.78 is 7.34. The lowest BCUT2D eigenvalue weighted by Crippen LogP contribution is -2.03. The molecule has 4 nitrogen and oxygen atoms in total. The maximum Gasteiger partial charge on any atom is 0.218 e. The van der Waals surface area contributed by atoms with Crippen LogP contribution in [-0.4, -0.2) is 23.2 Å². The van der Waals surface area contributed by atoms with Crippen molar-refractivity contribution in [2.75, 3.05) is 13.7 Å². The zero-order valence-corrected chi connectivity index (χ0v) is 9.97. The number of nitrogens with two attached hydrogens (primary N) is 1. The van der Waals surface area contributed by atoms with E-state index in [1.807, 2.05) is 12.1 Å². The van der Waals surface area contributed by atoms with Gasteiger partial charge in [0.05, 0.1) is 13.7 Å². The number of aromatic nitrogens is 2. The summed E-state index contributed by atoms with van der Waals surface area (Å²) in [5, 5.41) is 0. The lowest BCUT2D eigenvalue weighted by atomic mass is 10.2. The number of methoxy groups -OCH3 is 1. The van der Waals surface area contributed by atoms with Crippen LogP contribution in [-0.2, 0) is 13.0 Å². The van der Waals surface area contributed by atoms with Crippen LogP contribution in [0.5, 0.6) is 5.88 Å². The van der Waals surface area contributed by atoms with Gasteiger partial charge in [-0.15, -0.1) is 0 Å². The highest BCUT2D eigenvalue weighted by atomic mass is 16.5. The van der Waals surface area contributed by atoms with Crippen molar-refractivity contribution in [2.24, 2.45) is 5.73 Å². The number of ether oxygens (including phenoxy) is 1. The molecule has 2 aromatic heterocycles. The van der Waals surface area contributed by atoms with Crippen molar-refractivity contribution < 1.29 is 4.74 Å². The van der Waals surface area contributed by atoms with Crippen molar-refractivity contribution in [1.82, 2.24) is 9.55 Å². The number of hydrogen-bond acceptors (Lipinski definition) is 3. The Labute approximate surface area is 101 Å². The van der Waals surface area contributed by atoms with E-state index < -0.39 is 0 Å². The molecule has 0 aliphatic heterocycles. The lowest BCUT2D eigenvalue weighted by molar-refractivity contribution is 0.391. The van der Waals surface area contributed by atoms with Crippen molar-refractivity contribution >= 4 is 0 Å². The second kappa shape index (κ2) is 5.50. The summed E-state index contributed by atoms with van der Waals surface area (Å²) in [6.07, 6.45) is 6.81. The van der Waals surface area contributed by atoms with E-state index in [0.717, 1.165) is 18.5 Å². The molecule has 0 fully saturated rings. The molecule has 0 amide bonds. The third kappa shape index (κ3) is 2.85. The number of rotatable bonds is 5. The van der Waals surface area contributed by atoms with Gasteiger partial charge in [-0.25, -0.2) is 4.98 Å². The zero-order valence-electron chi connectivity index (χ0n) is 9.97. The van der Waals surface area contributed by atoms with Crippen LogP contribution in [0, 0.1) is 0 Å². The first-order valence-corrected chi connectivity index (χ1v) is 5.66. The Morgan fingerprint density at radius 1 is 1.41 bits per heavy atom. The quantitative estimate of drug-likeness (QED) is 0.847. The Bertz CT molecular complexity index is 479. The molecule has 2 heterocycles. The molecule has 2 rings (SSSR count). The Hall–Kier alpha value is -1.81. The van der Waals surface area contributed by atoms with Gasteiger partial charge in [0, 0.05) is 24.2 Å². The van der Waals surface area contributed by atoms with Gasteiger partial charge in [0.2, 0.25) is 5.88 Å². The molecule has 0 radical (unpaired) electrons. The minimum absolute atomic E-state index is 0.681. The first-order chi connectivity index (χ1) is 8.33. The minimum atomic E-state index is 0.681. The predicted octanol–water partition coefficient (Wildman–Crippen LogP) is 1.44. The van der Waals surface area contributed by atoms with Crippen LogP contribution in [0.4, 0.5) is 0 Å². The second-order valence-corrected chi connectivity index (χ2v) is 3.90. The van der Waals surface area contributed by atoms with E-state index in [1.165, 1.54) is 5.56 Å².